The van der Waals surface area contributed by atoms with E-state index in [1.807, 2.05) is 24.3 Å². The minimum absolute atomic E-state index is 0.282. The van der Waals surface area contributed by atoms with Crippen LogP contribution < -0.4 is 9.47 Å². The zero-order chi connectivity index (χ0) is 18.4. The van der Waals surface area contributed by atoms with E-state index in [2.05, 4.69) is 22.0 Å². The van der Waals surface area contributed by atoms with E-state index in [9.17, 15) is 10.1 Å². The maximum absolute atomic E-state index is 11.1. The number of halogens is 1. The molecule has 0 aliphatic heterocycles. The van der Waals surface area contributed by atoms with Gasteiger partial charge in [0.25, 0.3) is 0 Å². The van der Waals surface area contributed by atoms with Gasteiger partial charge in [0.15, 0.2) is 17.6 Å². The third kappa shape index (κ3) is 4.61. The van der Waals surface area contributed by atoms with Crippen molar-refractivity contribution in [2.45, 2.75) is 13.0 Å². The van der Waals surface area contributed by atoms with Gasteiger partial charge in [-0.05, 0) is 36.8 Å². The van der Waals surface area contributed by atoms with Crippen LogP contribution in [-0.4, -0.2) is 24.3 Å². The molecule has 6 heteroatoms. The Morgan fingerprint density at radius 1 is 1.28 bits per heavy atom. The summed E-state index contributed by atoms with van der Waals surface area (Å²) < 4.78 is 11.7. The number of rotatable bonds is 6. The number of para-hydroxylation sites is 1. The standard InChI is InChI=1S/C19H16BrNO4/c1-12(19(22)23)25-18-14(4-3-5-17(18)24-2)10-15(11-21)13-6-8-16(20)9-7-13/h3-10,12H,1-2H3,(H,22,23)/b15-10+/t12-/m1/s1. The van der Waals surface area contributed by atoms with Crippen LogP contribution in [0.4, 0.5) is 0 Å². The van der Waals surface area contributed by atoms with Crippen molar-refractivity contribution >= 4 is 33.5 Å². The van der Waals surface area contributed by atoms with E-state index in [4.69, 9.17) is 14.6 Å². The number of nitriles is 1. The number of benzene rings is 2. The van der Waals surface area contributed by atoms with Crippen LogP contribution in [0.15, 0.2) is 46.9 Å². The summed E-state index contributed by atoms with van der Waals surface area (Å²) in [7, 11) is 1.47. The molecule has 0 saturated carbocycles. The monoisotopic (exact) mass is 401 g/mol. The Hall–Kier alpha value is -2.78. The molecule has 0 amide bonds. The van der Waals surface area contributed by atoms with Crippen LogP contribution in [0.3, 0.4) is 0 Å². The largest absolute Gasteiger partial charge is 0.493 e. The molecule has 2 aromatic carbocycles. The summed E-state index contributed by atoms with van der Waals surface area (Å²) in [6.45, 7) is 1.43. The minimum Gasteiger partial charge on any atom is -0.493 e. The second kappa shape index (κ2) is 8.36. The number of nitrogens with zero attached hydrogens (tertiary/aromatic N) is 1. The second-order valence-electron chi connectivity index (χ2n) is 5.15. The fourth-order valence-corrected chi connectivity index (χ4v) is 2.39. The van der Waals surface area contributed by atoms with Crippen LogP contribution in [0.1, 0.15) is 18.1 Å². The molecule has 1 atom stereocenters. The maximum Gasteiger partial charge on any atom is 0.344 e. The highest BCUT2D eigenvalue weighted by molar-refractivity contribution is 9.10. The SMILES string of the molecule is COc1cccc(/C=C(\C#N)c2ccc(Br)cc2)c1O[C@H](C)C(=O)O. The molecular formula is C19H16BrNO4. The van der Waals surface area contributed by atoms with Crippen molar-refractivity contribution in [1.82, 2.24) is 0 Å². The average molecular weight is 402 g/mol. The molecule has 0 spiro atoms. The van der Waals surface area contributed by atoms with Gasteiger partial charge in [-0.15, -0.1) is 0 Å². The molecule has 2 rings (SSSR count). The molecule has 0 radical (unpaired) electrons. The van der Waals surface area contributed by atoms with Crippen molar-refractivity contribution in [3.63, 3.8) is 0 Å². The van der Waals surface area contributed by atoms with Gasteiger partial charge in [0.05, 0.1) is 18.8 Å². The molecule has 25 heavy (non-hydrogen) atoms. The van der Waals surface area contributed by atoms with Gasteiger partial charge in [-0.25, -0.2) is 4.79 Å². The van der Waals surface area contributed by atoms with Gasteiger partial charge in [0.1, 0.15) is 0 Å². The predicted octanol–water partition coefficient (Wildman–Crippen LogP) is 4.37. The van der Waals surface area contributed by atoms with E-state index in [1.165, 1.54) is 14.0 Å². The third-order valence-corrected chi connectivity index (χ3v) is 3.98. The lowest BCUT2D eigenvalue weighted by molar-refractivity contribution is -0.144. The van der Waals surface area contributed by atoms with E-state index in [1.54, 1.807) is 24.3 Å². The van der Waals surface area contributed by atoms with Crippen molar-refractivity contribution in [2.75, 3.05) is 7.11 Å². The number of allylic oxidation sites excluding steroid dienone is 1. The summed E-state index contributed by atoms with van der Waals surface area (Å²) >= 11 is 3.36. The molecule has 0 saturated heterocycles. The van der Waals surface area contributed by atoms with Crippen molar-refractivity contribution < 1.29 is 19.4 Å². The topological polar surface area (TPSA) is 79.5 Å². The number of hydrogen-bond acceptors (Lipinski definition) is 4. The Kier molecular flexibility index (Phi) is 6.20. The molecule has 0 unspecified atom stereocenters. The van der Waals surface area contributed by atoms with Gasteiger partial charge in [0, 0.05) is 10.0 Å². The van der Waals surface area contributed by atoms with Gasteiger partial charge >= 0.3 is 5.97 Å². The van der Waals surface area contributed by atoms with Crippen molar-refractivity contribution in [1.29, 1.82) is 5.26 Å². The zero-order valence-electron chi connectivity index (χ0n) is 13.7. The summed E-state index contributed by atoms with van der Waals surface area (Å²) in [6, 6.07) is 14.6. The van der Waals surface area contributed by atoms with Crippen molar-refractivity contribution in [2.24, 2.45) is 0 Å². The lowest BCUT2D eigenvalue weighted by Crippen LogP contribution is -2.23. The average Bonchev–Trinajstić information content (AvgIpc) is 2.61. The summed E-state index contributed by atoms with van der Waals surface area (Å²) in [5.41, 5.74) is 1.73. The third-order valence-electron chi connectivity index (χ3n) is 3.45. The quantitative estimate of drug-likeness (QED) is 0.573. The highest BCUT2D eigenvalue weighted by Gasteiger charge is 2.18. The fraction of sp³-hybridized carbons (Fsp3) is 0.158. The molecule has 0 aliphatic carbocycles. The van der Waals surface area contributed by atoms with Crippen LogP contribution in [0.5, 0.6) is 11.5 Å². The highest BCUT2D eigenvalue weighted by Crippen LogP contribution is 2.34. The van der Waals surface area contributed by atoms with Crippen LogP contribution in [0.2, 0.25) is 0 Å². The number of methoxy groups -OCH3 is 1. The van der Waals surface area contributed by atoms with E-state index < -0.39 is 12.1 Å². The van der Waals surface area contributed by atoms with Gasteiger partial charge in [-0.3, -0.25) is 0 Å². The molecule has 0 heterocycles. The van der Waals surface area contributed by atoms with Crippen LogP contribution in [-0.2, 0) is 4.79 Å². The Labute approximate surface area is 154 Å². The Balaban J connectivity index is 2.51. The van der Waals surface area contributed by atoms with E-state index in [0.717, 1.165) is 10.0 Å². The number of ether oxygens (including phenoxy) is 2. The molecular weight excluding hydrogens is 386 g/mol. The van der Waals surface area contributed by atoms with Gasteiger partial charge in [0.2, 0.25) is 0 Å². The second-order valence-corrected chi connectivity index (χ2v) is 6.07. The highest BCUT2D eigenvalue weighted by atomic mass is 79.9. The number of aliphatic carboxylic acids is 1. The van der Waals surface area contributed by atoms with Crippen molar-refractivity contribution in [3.05, 3.63) is 58.1 Å². The molecule has 1 N–H and O–H groups in total. The van der Waals surface area contributed by atoms with Gasteiger partial charge in [-0.2, -0.15) is 5.26 Å². The first-order valence-electron chi connectivity index (χ1n) is 7.40. The first-order chi connectivity index (χ1) is 12.0. The fourth-order valence-electron chi connectivity index (χ4n) is 2.13. The summed E-state index contributed by atoms with van der Waals surface area (Å²) in [5.74, 6) is -0.408. The predicted molar refractivity (Wildman–Crippen MR) is 98.3 cm³/mol. The normalized spacial score (nSPS) is 12.2. The summed E-state index contributed by atoms with van der Waals surface area (Å²) in [4.78, 5) is 11.1. The summed E-state index contributed by atoms with van der Waals surface area (Å²) in [6.07, 6.45) is 0.594. The lowest BCUT2D eigenvalue weighted by Gasteiger charge is -2.16. The minimum atomic E-state index is -1.09. The molecule has 5 nitrogen and oxygen atoms in total. The van der Waals surface area contributed by atoms with Crippen LogP contribution >= 0.6 is 15.9 Å². The molecule has 128 valence electrons. The number of carbonyl (C=O) groups is 1. The van der Waals surface area contributed by atoms with Gasteiger partial charge in [-0.1, -0.05) is 40.2 Å². The molecule has 0 fully saturated rings. The smallest absolute Gasteiger partial charge is 0.344 e. The maximum atomic E-state index is 11.1. The van der Waals surface area contributed by atoms with Crippen molar-refractivity contribution in [3.8, 4) is 17.6 Å². The molecule has 2 aromatic rings. The van der Waals surface area contributed by atoms with E-state index >= 15 is 0 Å². The molecule has 0 aromatic heterocycles. The lowest BCUT2D eigenvalue weighted by atomic mass is 10.0. The van der Waals surface area contributed by atoms with Crippen LogP contribution in [0.25, 0.3) is 11.6 Å². The number of carboxylic acid groups (broad SMARTS) is 1. The number of hydrogen-bond donors (Lipinski definition) is 1. The first kappa shape index (κ1) is 18.6. The van der Waals surface area contributed by atoms with Gasteiger partial charge < -0.3 is 14.6 Å². The summed E-state index contributed by atoms with van der Waals surface area (Å²) in [5, 5.41) is 18.6. The Bertz CT molecular complexity index is 837. The molecule has 0 aliphatic rings. The zero-order valence-corrected chi connectivity index (χ0v) is 15.3. The Morgan fingerprint density at radius 2 is 1.96 bits per heavy atom. The van der Waals surface area contributed by atoms with Crippen LogP contribution in [0, 0.1) is 11.3 Å². The van der Waals surface area contributed by atoms with E-state index in [0.29, 0.717) is 16.9 Å². The molecule has 0 bridgehead atoms. The first-order valence-corrected chi connectivity index (χ1v) is 8.19. The number of carboxylic acids is 1. The Morgan fingerprint density at radius 3 is 2.52 bits per heavy atom. The van der Waals surface area contributed by atoms with E-state index in [-0.39, 0.29) is 5.75 Å².